The van der Waals surface area contributed by atoms with Crippen molar-refractivity contribution in [2.24, 2.45) is 0 Å². The van der Waals surface area contributed by atoms with E-state index >= 15 is 0 Å². The minimum Gasteiger partial charge on any atom is -0.497 e. The van der Waals surface area contributed by atoms with Crippen molar-refractivity contribution < 1.29 is 19.0 Å². The first kappa shape index (κ1) is 19.4. The molecule has 0 spiro atoms. The molecule has 0 bridgehead atoms. The Hall–Kier alpha value is -2.93. The average Bonchev–Trinajstić information content (AvgIpc) is 2.78. The van der Waals surface area contributed by atoms with Crippen molar-refractivity contribution in [3.8, 4) is 17.2 Å². The molecule has 0 saturated carbocycles. The second-order valence-electron chi connectivity index (χ2n) is 7.19. The standard InChI is InChI=1S/C22H27N3O4/c1-27-19-4-2-3-18(16-19)25-11-9-24(10-12-25)8-7-22(26)23-17-5-6-20-21(15-17)29-14-13-28-20/h2-6,15-16H,7-14H2,1H3,(H,23,26). The van der Waals surface area contributed by atoms with Crippen molar-refractivity contribution >= 4 is 17.3 Å². The first-order valence-corrected chi connectivity index (χ1v) is 10.0. The Labute approximate surface area is 171 Å². The van der Waals surface area contributed by atoms with Gasteiger partial charge in [-0.2, -0.15) is 0 Å². The van der Waals surface area contributed by atoms with Crippen LogP contribution in [0.5, 0.6) is 17.2 Å². The van der Waals surface area contributed by atoms with Crippen LogP contribution in [-0.2, 0) is 4.79 Å². The highest BCUT2D eigenvalue weighted by Gasteiger charge is 2.18. The lowest BCUT2D eigenvalue weighted by Gasteiger charge is -2.36. The lowest BCUT2D eigenvalue weighted by atomic mass is 10.2. The van der Waals surface area contributed by atoms with Gasteiger partial charge >= 0.3 is 0 Å². The summed E-state index contributed by atoms with van der Waals surface area (Å²) in [6.45, 7) is 5.61. The normalized spacial score (nSPS) is 16.4. The van der Waals surface area contributed by atoms with Crippen LogP contribution in [0, 0.1) is 0 Å². The minimum absolute atomic E-state index is 0.0110. The summed E-state index contributed by atoms with van der Waals surface area (Å²) in [5, 5.41) is 2.95. The average molecular weight is 397 g/mol. The van der Waals surface area contributed by atoms with Crippen molar-refractivity contribution in [1.82, 2.24) is 4.90 Å². The number of hydrogen-bond acceptors (Lipinski definition) is 6. The van der Waals surface area contributed by atoms with Crippen molar-refractivity contribution in [1.29, 1.82) is 0 Å². The van der Waals surface area contributed by atoms with Gasteiger partial charge in [0.15, 0.2) is 11.5 Å². The predicted octanol–water partition coefficient (Wildman–Crippen LogP) is 2.62. The summed E-state index contributed by atoms with van der Waals surface area (Å²) in [4.78, 5) is 17.0. The first-order chi connectivity index (χ1) is 14.2. The molecule has 1 amide bonds. The van der Waals surface area contributed by atoms with E-state index in [0.29, 0.717) is 25.4 Å². The number of carbonyl (C=O) groups is 1. The Bertz CT molecular complexity index is 850. The lowest BCUT2D eigenvalue weighted by Crippen LogP contribution is -2.47. The molecular formula is C22H27N3O4. The zero-order valence-electron chi connectivity index (χ0n) is 16.7. The smallest absolute Gasteiger partial charge is 0.225 e. The maximum absolute atomic E-state index is 12.3. The number of methoxy groups -OCH3 is 1. The monoisotopic (exact) mass is 397 g/mol. The van der Waals surface area contributed by atoms with Gasteiger partial charge in [0.05, 0.1) is 7.11 Å². The third-order valence-corrected chi connectivity index (χ3v) is 5.27. The second kappa shape index (κ2) is 9.05. The summed E-state index contributed by atoms with van der Waals surface area (Å²) in [6, 6.07) is 13.7. The molecular weight excluding hydrogens is 370 g/mol. The van der Waals surface area contributed by atoms with Gasteiger partial charge in [0.25, 0.3) is 0 Å². The Morgan fingerprint density at radius 1 is 1.03 bits per heavy atom. The molecule has 1 saturated heterocycles. The second-order valence-corrected chi connectivity index (χ2v) is 7.19. The molecule has 1 N–H and O–H groups in total. The van der Waals surface area contributed by atoms with Crippen molar-refractivity contribution in [3.05, 3.63) is 42.5 Å². The fourth-order valence-electron chi connectivity index (χ4n) is 3.64. The maximum Gasteiger partial charge on any atom is 0.225 e. The number of carbonyl (C=O) groups excluding carboxylic acids is 1. The molecule has 7 heteroatoms. The van der Waals surface area contributed by atoms with Crippen molar-refractivity contribution in [2.75, 3.05) is 63.3 Å². The Balaban J connectivity index is 1.22. The molecule has 0 unspecified atom stereocenters. The van der Waals surface area contributed by atoms with Gasteiger partial charge in [-0.1, -0.05) is 6.07 Å². The van der Waals surface area contributed by atoms with Crippen molar-refractivity contribution in [3.63, 3.8) is 0 Å². The van der Waals surface area contributed by atoms with Gasteiger partial charge in [-0.25, -0.2) is 0 Å². The van der Waals surface area contributed by atoms with Gasteiger partial charge in [0, 0.05) is 62.7 Å². The SMILES string of the molecule is COc1cccc(N2CCN(CCC(=O)Nc3ccc4c(c3)OCCO4)CC2)c1. The number of ether oxygens (including phenoxy) is 3. The predicted molar refractivity (Wildman–Crippen MR) is 112 cm³/mol. The number of piperazine rings is 1. The number of benzene rings is 2. The molecule has 4 rings (SSSR count). The van der Waals surface area contributed by atoms with E-state index in [9.17, 15) is 4.79 Å². The number of anilines is 2. The summed E-state index contributed by atoms with van der Waals surface area (Å²) in [5.41, 5.74) is 1.92. The number of hydrogen-bond donors (Lipinski definition) is 1. The van der Waals surface area contributed by atoms with E-state index in [1.54, 1.807) is 7.11 Å². The number of amides is 1. The van der Waals surface area contributed by atoms with Crippen molar-refractivity contribution in [2.45, 2.75) is 6.42 Å². The summed E-state index contributed by atoms with van der Waals surface area (Å²) >= 11 is 0. The van der Waals surface area contributed by atoms with Crippen LogP contribution in [0.4, 0.5) is 11.4 Å². The largest absolute Gasteiger partial charge is 0.497 e. The molecule has 2 aromatic carbocycles. The molecule has 0 radical (unpaired) electrons. The zero-order chi connectivity index (χ0) is 20.1. The van der Waals surface area contributed by atoms with E-state index < -0.39 is 0 Å². The van der Waals surface area contributed by atoms with Gasteiger partial charge in [0.1, 0.15) is 19.0 Å². The lowest BCUT2D eigenvalue weighted by molar-refractivity contribution is -0.116. The zero-order valence-corrected chi connectivity index (χ0v) is 16.7. The molecule has 0 aliphatic carbocycles. The molecule has 29 heavy (non-hydrogen) atoms. The highest BCUT2D eigenvalue weighted by molar-refractivity contribution is 5.91. The molecule has 2 heterocycles. The number of nitrogens with one attached hydrogen (secondary N) is 1. The van der Waals surface area contributed by atoms with Crippen LogP contribution in [-0.4, -0.2) is 63.9 Å². The van der Waals surface area contributed by atoms with Crippen LogP contribution < -0.4 is 24.4 Å². The van der Waals surface area contributed by atoms with Crippen LogP contribution in [0.2, 0.25) is 0 Å². The van der Waals surface area contributed by atoms with Gasteiger partial charge in [-0.3, -0.25) is 9.69 Å². The molecule has 7 nitrogen and oxygen atoms in total. The minimum atomic E-state index is 0.0110. The molecule has 0 aromatic heterocycles. The summed E-state index contributed by atoms with van der Waals surface area (Å²) < 4.78 is 16.4. The Morgan fingerprint density at radius 2 is 1.83 bits per heavy atom. The van der Waals surface area contributed by atoms with Gasteiger partial charge < -0.3 is 24.4 Å². The molecule has 2 aliphatic rings. The fourth-order valence-corrected chi connectivity index (χ4v) is 3.64. The summed E-state index contributed by atoms with van der Waals surface area (Å²) in [6.07, 6.45) is 0.466. The topological polar surface area (TPSA) is 63.3 Å². The fraction of sp³-hybridized carbons (Fsp3) is 0.409. The van der Waals surface area contributed by atoms with Gasteiger partial charge in [0.2, 0.25) is 5.91 Å². The van der Waals surface area contributed by atoms with E-state index in [-0.39, 0.29) is 5.91 Å². The van der Waals surface area contributed by atoms with Crippen LogP contribution in [0.15, 0.2) is 42.5 Å². The number of fused-ring (bicyclic) bond motifs is 1. The molecule has 0 atom stereocenters. The first-order valence-electron chi connectivity index (χ1n) is 10.0. The van der Waals surface area contributed by atoms with Crippen LogP contribution in [0.1, 0.15) is 6.42 Å². The number of nitrogens with zero attached hydrogens (tertiary/aromatic N) is 2. The highest BCUT2D eigenvalue weighted by atomic mass is 16.6. The van der Waals surface area contributed by atoms with E-state index in [1.807, 2.05) is 30.3 Å². The quantitative estimate of drug-likeness (QED) is 0.809. The number of rotatable bonds is 6. The molecule has 2 aliphatic heterocycles. The van der Waals surface area contributed by atoms with Gasteiger partial charge in [-0.15, -0.1) is 0 Å². The third kappa shape index (κ3) is 4.92. The van der Waals surface area contributed by atoms with E-state index in [2.05, 4.69) is 27.2 Å². The van der Waals surface area contributed by atoms with Crippen LogP contribution in [0.25, 0.3) is 0 Å². The highest BCUT2D eigenvalue weighted by Crippen LogP contribution is 2.32. The van der Waals surface area contributed by atoms with E-state index in [4.69, 9.17) is 14.2 Å². The summed E-state index contributed by atoms with van der Waals surface area (Å²) in [7, 11) is 1.69. The Kier molecular flexibility index (Phi) is 6.05. The van der Waals surface area contributed by atoms with Gasteiger partial charge in [-0.05, 0) is 24.3 Å². The maximum atomic E-state index is 12.3. The molecule has 154 valence electrons. The van der Waals surface area contributed by atoms with Crippen LogP contribution in [0.3, 0.4) is 0 Å². The van der Waals surface area contributed by atoms with E-state index in [0.717, 1.165) is 49.9 Å². The van der Waals surface area contributed by atoms with Crippen LogP contribution >= 0.6 is 0 Å². The van der Waals surface area contributed by atoms with E-state index in [1.165, 1.54) is 5.69 Å². The molecule has 1 fully saturated rings. The third-order valence-electron chi connectivity index (χ3n) is 5.27. The summed E-state index contributed by atoms with van der Waals surface area (Å²) in [5.74, 6) is 2.29. The molecule has 2 aromatic rings. The Morgan fingerprint density at radius 3 is 2.62 bits per heavy atom.